The first-order valence-corrected chi connectivity index (χ1v) is 5.39. The summed E-state index contributed by atoms with van der Waals surface area (Å²) in [5.74, 6) is 0.368. The highest BCUT2D eigenvalue weighted by Gasteiger charge is 2.60. The number of carbonyl (C=O) groups is 1. The van der Waals surface area contributed by atoms with Crippen molar-refractivity contribution in [2.75, 3.05) is 7.11 Å². The second-order valence-electron chi connectivity index (χ2n) is 4.14. The highest BCUT2D eigenvalue weighted by molar-refractivity contribution is 7.59. The molecule has 1 aliphatic carbocycles. The van der Waals surface area contributed by atoms with Crippen LogP contribution < -0.4 is 0 Å². The van der Waals surface area contributed by atoms with Gasteiger partial charge in [-0.2, -0.15) is 27.0 Å². The monoisotopic (exact) mass is 272 g/mol. The summed E-state index contributed by atoms with van der Waals surface area (Å²) in [6.45, 7) is 2.12. The molecule has 2 nitrogen and oxygen atoms in total. The molecule has 2 rings (SSSR count). The van der Waals surface area contributed by atoms with E-state index >= 15 is 0 Å². The lowest BCUT2D eigenvalue weighted by Gasteiger charge is -2.14. The van der Waals surface area contributed by atoms with E-state index in [4.69, 9.17) is 4.74 Å². The summed E-state index contributed by atoms with van der Waals surface area (Å²) in [4.78, 5) is 11.8. The summed E-state index contributed by atoms with van der Waals surface area (Å²) in [6, 6.07) is 9.97. The number of rotatable bonds is 3. The Kier molecular flexibility index (Phi) is 6.13. The van der Waals surface area contributed by atoms with Gasteiger partial charge < -0.3 is 4.74 Å². The van der Waals surface area contributed by atoms with Crippen LogP contribution in [0, 0.1) is 5.92 Å². The lowest BCUT2D eigenvalue weighted by molar-refractivity contribution is -0.144. The van der Waals surface area contributed by atoms with Crippen LogP contribution in [0.25, 0.3) is 0 Å². The van der Waals surface area contributed by atoms with Crippen molar-refractivity contribution < 1.29 is 9.53 Å². The Morgan fingerprint density at radius 3 is 2.35 bits per heavy atom. The lowest BCUT2D eigenvalue weighted by Crippen LogP contribution is -2.24. The number of esters is 1. The maximum Gasteiger partial charge on any atom is 0.316 e. The molecule has 0 bridgehead atoms. The third-order valence-electron chi connectivity index (χ3n) is 3.44. The van der Waals surface area contributed by atoms with Gasteiger partial charge in [0.05, 0.1) is 12.5 Å². The van der Waals surface area contributed by atoms with Crippen LogP contribution in [-0.2, 0) is 14.9 Å². The number of methoxy groups -OCH3 is 1. The predicted octanol–water partition coefficient (Wildman–Crippen LogP) is 2.75. The van der Waals surface area contributed by atoms with Crippen molar-refractivity contribution in [1.29, 1.82) is 0 Å². The van der Waals surface area contributed by atoms with E-state index in [1.165, 1.54) is 7.11 Å². The topological polar surface area (TPSA) is 26.3 Å². The fourth-order valence-corrected chi connectivity index (χ4v) is 2.46. The average Bonchev–Trinajstić information content (AvgIpc) is 3.05. The van der Waals surface area contributed by atoms with Crippen molar-refractivity contribution in [3.05, 3.63) is 35.9 Å². The van der Waals surface area contributed by atoms with E-state index in [2.05, 4.69) is 6.92 Å². The van der Waals surface area contributed by atoms with E-state index in [-0.39, 0.29) is 38.4 Å². The largest absolute Gasteiger partial charge is 0.468 e. The van der Waals surface area contributed by atoms with Gasteiger partial charge in [-0.15, -0.1) is 0 Å². The third-order valence-corrected chi connectivity index (χ3v) is 3.44. The SMILES string of the molecule is CC[C@H]1C[C@@]1(C(=O)OC)c1ccccc1.S.S. The second kappa shape index (κ2) is 6.36. The van der Waals surface area contributed by atoms with Crippen molar-refractivity contribution >= 4 is 33.0 Å². The smallest absolute Gasteiger partial charge is 0.316 e. The molecular weight excluding hydrogens is 252 g/mol. The Bertz CT molecular complexity index is 367. The van der Waals surface area contributed by atoms with Crippen molar-refractivity contribution in [1.82, 2.24) is 0 Å². The molecule has 2 atom stereocenters. The van der Waals surface area contributed by atoms with Crippen LogP contribution >= 0.6 is 27.0 Å². The molecule has 0 unspecified atom stereocenters. The predicted molar refractivity (Wildman–Crippen MR) is 79.3 cm³/mol. The molecular formula is C13H20O2S2. The minimum atomic E-state index is -0.342. The summed E-state index contributed by atoms with van der Waals surface area (Å²) < 4.78 is 4.93. The average molecular weight is 272 g/mol. The number of ether oxygens (including phenoxy) is 1. The van der Waals surface area contributed by atoms with Gasteiger partial charge in [0.15, 0.2) is 0 Å². The number of benzene rings is 1. The normalized spacial score (nSPS) is 25.2. The molecule has 1 aromatic carbocycles. The number of carbonyl (C=O) groups excluding carboxylic acids is 1. The fourth-order valence-electron chi connectivity index (χ4n) is 2.46. The zero-order valence-electron chi connectivity index (χ0n) is 10.2. The van der Waals surface area contributed by atoms with Gasteiger partial charge in [0.25, 0.3) is 0 Å². The quantitative estimate of drug-likeness (QED) is 0.791. The van der Waals surface area contributed by atoms with E-state index in [0.717, 1.165) is 18.4 Å². The number of hydrogen-bond acceptors (Lipinski definition) is 2. The molecule has 0 aliphatic heterocycles. The Morgan fingerprint density at radius 2 is 1.94 bits per heavy atom. The van der Waals surface area contributed by atoms with Crippen molar-refractivity contribution in [2.24, 2.45) is 5.92 Å². The van der Waals surface area contributed by atoms with Crippen LogP contribution in [-0.4, -0.2) is 13.1 Å². The molecule has 1 aliphatic rings. The Morgan fingerprint density at radius 1 is 1.35 bits per heavy atom. The summed E-state index contributed by atoms with van der Waals surface area (Å²) in [5.41, 5.74) is 0.758. The molecule has 0 amide bonds. The van der Waals surface area contributed by atoms with Gasteiger partial charge >= 0.3 is 5.97 Å². The maximum absolute atomic E-state index is 11.8. The standard InChI is InChI=1S/C13H16O2.2H2S/c1-3-10-9-13(10,12(14)15-2)11-7-5-4-6-8-11;;/h4-8,10H,3,9H2,1-2H3;2*1H2/t10-,13-;;/m0../s1. The van der Waals surface area contributed by atoms with Gasteiger partial charge in [-0.25, -0.2) is 0 Å². The van der Waals surface area contributed by atoms with Gasteiger partial charge in [0.1, 0.15) is 0 Å². The van der Waals surface area contributed by atoms with E-state index in [1.54, 1.807) is 0 Å². The van der Waals surface area contributed by atoms with Crippen molar-refractivity contribution in [2.45, 2.75) is 25.2 Å². The Labute approximate surface area is 117 Å². The molecule has 0 saturated heterocycles. The third kappa shape index (κ3) is 2.63. The molecule has 0 heterocycles. The van der Waals surface area contributed by atoms with Crippen LogP contribution in [0.15, 0.2) is 30.3 Å². The van der Waals surface area contributed by atoms with Gasteiger partial charge in [-0.05, 0) is 17.9 Å². The summed E-state index contributed by atoms with van der Waals surface area (Å²) in [5, 5.41) is 0. The zero-order chi connectivity index (χ0) is 10.9. The van der Waals surface area contributed by atoms with Crippen molar-refractivity contribution in [3.63, 3.8) is 0 Å². The Hall–Kier alpha value is -0.610. The molecule has 17 heavy (non-hydrogen) atoms. The first kappa shape index (κ1) is 16.4. The molecule has 0 radical (unpaired) electrons. The zero-order valence-corrected chi connectivity index (χ0v) is 12.2. The van der Waals surface area contributed by atoms with Gasteiger partial charge in [-0.3, -0.25) is 4.79 Å². The molecule has 0 N–H and O–H groups in total. The minimum Gasteiger partial charge on any atom is -0.468 e. The molecule has 96 valence electrons. The Balaban J connectivity index is 0.00000128. The van der Waals surface area contributed by atoms with Gasteiger partial charge in [0, 0.05) is 0 Å². The highest BCUT2D eigenvalue weighted by atomic mass is 32.1. The van der Waals surface area contributed by atoms with Crippen molar-refractivity contribution in [3.8, 4) is 0 Å². The van der Waals surface area contributed by atoms with Gasteiger partial charge in [-0.1, -0.05) is 43.7 Å². The van der Waals surface area contributed by atoms with Crippen LogP contribution in [0.5, 0.6) is 0 Å². The van der Waals surface area contributed by atoms with E-state index < -0.39 is 0 Å². The summed E-state index contributed by atoms with van der Waals surface area (Å²) >= 11 is 0. The fraction of sp³-hybridized carbons (Fsp3) is 0.462. The van der Waals surface area contributed by atoms with E-state index in [9.17, 15) is 4.79 Å². The molecule has 0 aromatic heterocycles. The van der Waals surface area contributed by atoms with Crippen LogP contribution in [0.2, 0.25) is 0 Å². The second-order valence-corrected chi connectivity index (χ2v) is 4.14. The van der Waals surface area contributed by atoms with Gasteiger partial charge in [0.2, 0.25) is 0 Å². The molecule has 4 heteroatoms. The molecule has 1 aromatic rings. The molecule has 0 spiro atoms. The molecule has 1 fully saturated rings. The van der Waals surface area contributed by atoms with E-state index in [0.29, 0.717) is 5.92 Å². The lowest BCUT2D eigenvalue weighted by atomic mass is 9.92. The van der Waals surface area contributed by atoms with E-state index in [1.807, 2.05) is 30.3 Å². The maximum atomic E-state index is 11.8. The number of hydrogen-bond donors (Lipinski definition) is 0. The minimum absolute atomic E-state index is 0. The first-order chi connectivity index (χ1) is 7.25. The molecule has 1 saturated carbocycles. The van der Waals surface area contributed by atoms with Crippen LogP contribution in [0.4, 0.5) is 0 Å². The van der Waals surface area contributed by atoms with Crippen LogP contribution in [0.1, 0.15) is 25.3 Å². The first-order valence-electron chi connectivity index (χ1n) is 5.39. The van der Waals surface area contributed by atoms with Crippen LogP contribution in [0.3, 0.4) is 0 Å². The summed E-state index contributed by atoms with van der Waals surface area (Å²) in [6.07, 6.45) is 1.96. The summed E-state index contributed by atoms with van der Waals surface area (Å²) in [7, 11) is 1.47. The highest BCUT2D eigenvalue weighted by Crippen LogP contribution is 2.56.